The Bertz CT molecular complexity index is 335. The molecule has 0 saturated heterocycles. The molecule has 1 atom stereocenters. The van der Waals surface area contributed by atoms with Gasteiger partial charge in [0.15, 0.2) is 0 Å². The molecule has 96 valence electrons. The van der Waals surface area contributed by atoms with Gasteiger partial charge in [0.1, 0.15) is 0 Å². The van der Waals surface area contributed by atoms with Crippen LogP contribution in [-0.2, 0) is 0 Å². The highest BCUT2D eigenvalue weighted by Crippen LogP contribution is 2.26. The molecule has 2 heteroatoms. The first-order valence-corrected chi connectivity index (χ1v) is 6.49. The molecule has 0 bridgehead atoms. The average Bonchev–Trinajstić information content (AvgIpc) is 2.25. The van der Waals surface area contributed by atoms with Gasteiger partial charge in [-0.25, -0.2) is 0 Å². The quantitative estimate of drug-likeness (QED) is 0.740. The Kier molecular flexibility index (Phi) is 5.66. The van der Waals surface area contributed by atoms with Crippen molar-refractivity contribution < 1.29 is 0 Å². The molecule has 0 fully saturated rings. The minimum Gasteiger partial charge on any atom is -0.320 e. The molecule has 0 aliphatic heterocycles. The van der Waals surface area contributed by atoms with Gasteiger partial charge in [0, 0.05) is 6.04 Å². The van der Waals surface area contributed by atoms with Crippen LogP contribution in [0.15, 0.2) is 12.1 Å². The fourth-order valence-corrected chi connectivity index (χ4v) is 2.66. The monoisotopic (exact) mass is 234 g/mol. The molecule has 17 heavy (non-hydrogen) atoms. The third-order valence-electron chi connectivity index (χ3n) is 3.35. The van der Waals surface area contributed by atoms with Crippen LogP contribution in [0.3, 0.4) is 0 Å². The van der Waals surface area contributed by atoms with E-state index in [-0.39, 0.29) is 0 Å². The molecular formula is C15H26N2. The second-order valence-electron chi connectivity index (χ2n) is 4.90. The van der Waals surface area contributed by atoms with Gasteiger partial charge in [-0.05, 0) is 70.9 Å². The standard InChI is InChI=1S/C15H26N2/c1-11-9-12(2)15(13(3)10-11)14(17-5)7-6-8-16-4/h9-10,14,16-17H,6-8H2,1-5H3. The van der Waals surface area contributed by atoms with Crippen LogP contribution in [0.4, 0.5) is 0 Å². The summed E-state index contributed by atoms with van der Waals surface area (Å²) in [5, 5.41) is 6.66. The van der Waals surface area contributed by atoms with Gasteiger partial charge in [-0.15, -0.1) is 0 Å². The first-order valence-electron chi connectivity index (χ1n) is 6.49. The van der Waals surface area contributed by atoms with Crippen molar-refractivity contribution in [3.63, 3.8) is 0 Å². The molecule has 1 aromatic carbocycles. The van der Waals surface area contributed by atoms with Gasteiger partial charge in [-0.3, -0.25) is 0 Å². The van der Waals surface area contributed by atoms with Crippen LogP contribution in [0.25, 0.3) is 0 Å². The van der Waals surface area contributed by atoms with E-state index in [0.29, 0.717) is 6.04 Å². The Balaban J connectivity index is 2.87. The lowest BCUT2D eigenvalue weighted by atomic mass is 9.91. The molecule has 0 aliphatic carbocycles. The van der Waals surface area contributed by atoms with E-state index in [1.165, 1.54) is 35.1 Å². The molecule has 0 spiro atoms. The van der Waals surface area contributed by atoms with Crippen molar-refractivity contribution in [2.45, 2.75) is 39.7 Å². The maximum absolute atomic E-state index is 3.45. The van der Waals surface area contributed by atoms with Crippen molar-refractivity contribution in [1.82, 2.24) is 10.6 Å². The number of hydrogen-bond acceptors (Lipinski definition) is 2. The Morgan fingerprint density at radius 2 is 1.65 bits per heavy atom. The van der Waals surface area contributed by atoms with Gasteiger partial charge in [-0.2, -0.15) is 0 Å². The smallest absolute Gasteiger partial charge is 0.0323 e. The topological polar surface area (TPSA) is 24.1 Å². The zero-order chi connectivity index (χ0) is 12.8. The van der Waals surface area contributed by atoms with Crippen LogP contribution in [0, 0.1) is 20.8 Å². The SMILES string of the molecule is CNCCCC(NC)c1c(C)cc(C)cc1C. The van der Waals surface area contributed by atoms with E-state index in [0.717, 1.165) is 6.54 Å². The summed E-state index contributed by atoms with van der Waals surface area (Å²) in [6.07, 6.45) is 2.39. The highest BCUT2D eigenvalue weighted by molar-refractivity contribution is 5.39. The van der Waals surface area contributed by atoms with Crippen LogP contribution >= 0.6 is 0 Å². The van der Waals surface area contributed by atoms with Gasteiger partial charge < -0.3 is 10.6 Å². The predicted molar refractivity (Wildman–Crippen MR) is 75.6 cm³/mol. The maximum Gasteiger partial charge on any atom is 0.0323 e. The molecule has 1 rings (SSSR count). The minimum atomic E-state index is 0.476. The first kappa shape index (κ1) is 14.2. The van der Waals surface area contributed by atoms with E-state index in [2.05, 4.69) is 50.6 Å². The lowest BCUT2D eigenvalue weighted by Gasteiger charge is -2.22. The summed E-state index contributed by atoms with van der Waals surface area (Å²) in [5.74, 6) is 0. The maximum atomic E-state index is 3.45. The summed E-state index contributed by atoms with van der Waals surface area (Å²) in [4.78, 5) is 0. The summed E-state index contributed by atoms with van der Waals surface area (Å²) in [6, 6.07) is 5.04. The van der Waals surface area contributed by atoms with Crippen LogP contribution < -0.4 is 10.6 Å². The second-order valence-corrected chi connectivity index (χ2v) is 4.90. The van der Waals surface area contributed by atoms with E-state index in [4.69, 9.17) is 0 Å². The molecule has 1 unspecified atom stereocenters. The Labute approximate surface area is 106 Å². The minimum absolute atomic E-state index is 0.476. The summed E-state index contributed by atoms with van der Waals surface area (Å²) >= 11 is 0. The van der Waals surface area contributed by atoms with Crippen molar-refractivity contribution in [2.24, 2.45) is 0 Å². The van der Waals surface area contributed by atoms with Gasteiger partial charge in [0.2, 0.25) is 0 Å². The molecule has 0 radical (unpaired) electrons. The van der Waals surface area contributed by atoms with Crippen LogP contribution in [-0.4, -0.2) is 20.6 Å². The summed E-state index contributed by atoms with van der Waals surface area (Å²) < 4.78 is 0. The van der Waals surface area contributed by atoms with Gasteiger partial charge in [0.25, 0.3) is 0 Å². The molecule has 2 nitrogen and oxygen atoms in total. The summed E-state index contributed by atoms with van der Waals surface area (Å²) in [5.41, 5.74) is 5.65. The molecule has 0 aromatic heterocycles. The zero-order valence-electron chi connectivity index (χ0n) is 11.9. The van der Waals surface area contributed by atoms with Crippen molar-refractivity contribution >= 4 is 0 Å². The van der Waals surface area contributed by atoms with Crippen LogP contribution in [0.2, 0.25) is 0 Å². The fourth-order valence-electron chi connectivity index (χ4n) is 2.66. The number of aryl methyl sites for hydroxylation is 3. The zero-order valence-corrected chi connectivity index (χ0v) is 11.9. The molecule has 1 aromatic rings. The van der Waals surface area contributed by atoms with Crippen LogP contribution in [0.5, 0.6) is 0 Å². The molecule has 0 saturated carbocycles. The van der Waals surface area contributed by atoms with E-state index in [1.54, 1.807) is 0 Å². The Morgan fingerprint density at radius 1 is 1.06 bits per heavy atom. The third kappa shape index (κ3) is 3.83. The lowest BCUT2D eigenvalue weighted by Crippen LogP contribution is -2.20. The Morgan fingerprint density at radius 3 is 2.12 bits per heavy atom. The van der Waals surface area contributed by atoms with Crippen molar-refractivity contribution in [1.29, 1.82) is 0 Å². The van der Waals surface area contributed by atoms with Gasteiger partial charge in [-0.1, -0.05) is 17.7 Å². The number of benzene rings is 1. The van der Waals surface area contributed by atoms with Crippen molar-refractivity contribution in [3.05, 3.63) is 34.4 Å². The molecule has 2 N–H and O–H groups in total. The van der Waals surface area contributed by atoms with E-state index in [1.807, 2.05) is 7.05 Å². The molecule has 0 aliphatic rings. The summed E-state index contributed by atoms with van der Waals surface area (Å²) in [6.45, 7) is 7.69. The van der Waals surface area contributed by atoms with Gasteiger partial charge >= 0.3 is 0 Å². The molecule has 0 amide bonds. The van der Waals surface area contributed by atoms with E-state index in [9.17, 15) is 0 Å². The number of hydrogen-bond donors (Lipinski definition) is 2. The second kappa shape index (κ2) is 6.77. The first-order chi connectivity index (χ1) is 8.10. The fraction of sp³-hybridized carbons (Fsp3) is 0.600. The van der Waals surface area contributed by atoms with Gasteiger partial charge in [0.05, 0.1) is 0 Å². The van der Waals surface area contributed by atoms with Crippen LogP contribution in [0.1, 0.15) is 41.1 Å². The van der Waals surface area contributed by atoms with E-state index < -0.39 is 0 Å². The average molecular weight is 234 g/mol. The third-order valence-corrected chi connectivity index (χ3v) is 3.35. The Hall–Kier alpha value is -0.860. The lowest BCUT2D eigenvalue weighted by molar-refractivity contribution is 0.514. The van der Waals surface area contributed by atoms with Crippen molar-refractivity contribution in [2.75, 3.05) is 20.6 Å². The predicted octanol–water partition coefficient (Wildman–Crippen LogP) is 2.87. The molecule has 0 heterocycles. The highest BCUT2D eigenvalue weighted by Gasteiger charge is 2.14. The number of rotatable bonds is 6. The van der Waals surface area contributed by atoms with E-state index >= 15 is 0 Å². The largest absolute Gasteiger partial charge is 0.320 e. The number of nitrogens with one attached hydrogen (secondary N) is 2. The molecular weight excluding hydrogens is 208 g/mol. The van der Waals surface area contributed by atoms with Crippen molar-refractivity contribution in [3.8, 4) is 0 Å². The summed E-state index contributed by atoms with van der Waals surface area (Å²) in [7, 11) is 4.07. The highest BCUT2D eigenvalue weighted by atomic mass is 14.9. The normalized spacial score (nSPS) is 12.8.